The lowest BCUT2D eigenvalue weighted by Crippen LogP contribution is -2.32. The van der Waals surface area contributed by atoms with Gasteiger partial charge in [0, 0.05) is 13.0 Å². The van der Waals surface area contributed by atoms with Crippen molar-refractivity contribution in [1.82, 2.24) is 0 Å². The van der Waals surface area contributed by atoms with Gasteiger partial charge in [-0.25, -0.2) is 8.78 Å². The summed E-state index contributed by atoms with van der Waals surface area (Å²) in [6, 6.07) is 9.77. The van der Waals surface area contributed by atoms with E-state index in [0.29, 0.717) is 11.3 Å². The molecule has 0 unspecified atom stereocenters. The van der Waals surface area contributed by atoms with Crippen LogP contribution in [0.25, 0.3) is 0 Å². The smallest absolute Gasteiger partial charge is 0.228 e. The lowest BCUT2D eigenvalue weighted by Gasteiger charge is -2.24. The fourth-order valence-electron chi connectivity index (χ4n) is 2.80. The fraction of sp³-hybridized carbons (Fsp3) is 0.263. The van der Waals surface area contributed by atoms with Crippen LogP contribution in [0, 0.1) is 11.6 Å². The Morgan fingerprint density at radius 3 is 2.48 bits per heavy atom. The summed E-state index contributed by atoms with van der Waals surface area (Å²) in [4.78, 5) is 25.8. The van der Waals surface area contributed by atoms with E-state index in [9.17, 15) is 18.4 Å². The van der Waals surface area contributed by atoms with Crippen LogP contribution in [0.3, 0.4) is 0 Å². The Hall–Kier alpha value is -2.76. The summed E-state index contributed by atoms with van der Waals surface area (Å²) in [7, 11) is 0. The van der Waals surface area contributed by atoms with Crippen molar-refractivity contribution in [2.75, 3.05) is 10.2 Å². The molecule has 0 atom stereocenters. The summed E-state index contributed by atoms with van der Waals surface area (Å²) < 4.78 is 26.9. The van der Waals surface area contributed by atoms with Crippen LogP contribution < -0.4 is 10.2 Å². The number of nitrogens with zero attached hydrogens (tertiary/aromatic N) is 1. The second-order valence-electron chi connectivity index (χ2n) is 6.14. The molecule has 0 saturated heterocycles. The van der Waals surface area contributed by atoms with E-state index in [1.165, 1.54) is 43.3 Å². The van der Waals surface area contributed by atoms with Crippen molar-refractivity contribution in [2.24, 2.45) is 0 Å². The van der Waals surface area contributed by atoms with E-state index in [1.807, 2.05) is 0 Å². The van der Waals surface area contributed by atoms with Gasteiger partial charge in [-0.2, -0.15) is 0 Å². The van der Waals surface area contributed by atoms with E-state index in [4.69, 9.17) is 0 Å². The molecule has 0 spiro atoms. The molecule has 25 heavy (non-hydrogen) atoms. The van der Waals surface area contributed by atoms with Crippen molar-refractivity contribution in [3.05, 3.63) is 59.7 Å². The molecule has 1 aliphatic rings. The molecule has 0 radical (unpaired) electrons. The van der Waals surface area contributed by atoms with E-state index in [0.717, 1.165) is 12.8 Å². The summed E-state index contributed by atoms with van der Waals surface area (Å²) in [5.74, 6) is -1.50. The molecule has 0 bridgehead atoms. The van der Waals surface area contributed by atoms with E-state index < -0.39 is 17.5 Å². The van der Waals surface area contributed by atoms with Gasteiger partial charge in [0.1, 0.15) is 11.6 Å². The topological polar surface area (TPSA) is 49.4 Å². The zero-order valence-electron chi connectivity index (χ0n) is 13.8. The third-order valence-corrected chi connectivity index (χ3v) is 4.00. The lowest BCUT2D eigenvalue weighted by atomic mass is 10.1. The molecule has 1 fully saturated rings. The van der Waals surface area contributed by atoms with Gasteiger partial charge in [0.05, 0.1) is 17.8 Å². The predicted octanol–water partition coefficient (Wildman–Crippen LogP) is 3.66. The van der Waals surface area contributed by atoms with Gasteiger partial charge in [-0.15, -0.1) is 0 Å². The minimum Gasteiger partial charge on any atom is -0.324 e. The molecule has 3 rings (SSSR count). The Bertz CT molecular complexity index is 819. The van der Waals surface area contributed by atoms with Crippen LogP contribution in [0.15, 0.2) is 42.5 Å². The Labute approximate surface area is 144 Å². The van der Waals surface area contributed by atoms with Crippen LogP contribution in [0.4, 0.5) is 20.2 Å². The molecule has 6 heteroatoms. The van der Waals surface area contributed by atoms with Crippen molar-refractivity contribution in [1.29, 1.82) is 0 Å². The number of hydrogen-bond donors (Lipinski definition) is 1. The largest absolute Gasteiger partial charge is 0.324 e. The first-order valence-corrected chi connectivity index (χ1v) is 8.07. The van der Waals surface area contributed by atoms with Crippen molar-refractivity contribution < 1.29 is 18.4 Å². The number of halogens is 2. The highest BCUT2D eigenvalue weighted by Crippen LogP contribution is 2.36. The van der Waals surface area contributed by atoms with Gasteiger partial charge in [0.2, 0.25) is 11.8 Å². The lowest BCUT2D eigenvalue weighted by molar-refractivity contribution is -0.117. The molecule has 1 N–H and O–H groups in total. The van der Waals surface area contributed by atoms with Gasteiger partial charge in [-0.3, -0.25) is 9.59 Å². The fourth-order valence-corrected chi connectivity index (χ4v) is 2.80. The van der Waals surface area contributed by atoms with Crippen LogP contribution in [-0.4, -0.2) is 17.9 Å². The molecule has 1 saturated carbocycles. The first-order valence-electron chi connectivity index (χ1n) is 8.07. The second-order valence-corrected chi connectivity index (χ2v) is 6.14. The first kappa shape index (κ1) is 17.1. The van der Waals surface area contributed by atoms with Gasteiger partial charge < -0.3 is 10.2 Å². The van der Waals surface area contributed by atoms with Gasteiger partial charge in [-0.05, 0) is 48.7 Å². The van der Waals surface area contributed by atoms with Gasteiger partial charge in [0.25, 0.3) is 0 Å². The molecule has 0 heterocycles. The average molecular weight is 344 g/mol. The van der Waals surface area contributed by atoms with Crippen LogP contribution >= 0.6 is 0 Å². The molecule has 2 amide bonds. The van der Waals surface area contributed by atoms with E-state index in [-0.39, 0.29) is 24.1 Å². The number of anilines is 2. The summed E-state index contributed by atoms with van der Waals surface area (Å²) >= 11 is 0. The van der Waals surface area contributed by atoms with E-state index in [2.05, 4.69) is 5.32 Å². The Balaban J connectivity index is 1.82. The van der Waals surface area contributed by atoms with Crippen molar-refractivity contribution in [3.8, 4) is 0 Å². The first-order chi connectivity index (χ1) is 11.9. The summed E-state index contributed by atoms with van der Waals surface area (Å²) in [5.41, 5.74) is 1.23. The molecule has 0 aromatic heterocycles. The highest BCUT2D eigenvalue weighted by molar-refractivity contribution is 6.01. The van der Waals surface area contributed by atoms with Crippen LogP contribution in [0.5, 0.6) is 0 Å². The average Bonchev–Trinajstić information content (AvgIpc) is 3.34. The quantitative estimate of drug-likeness (QED) is 0.900. The number of hydrogen-bond acceptors (Lipinski definition) is 2. The molecule has 0 aliphatic heterocycles. The van der Waals surface area contributed by atoms with Crippen LogP contribution in [0.2, 0.25) is 0 Å². The summed E-state index contributed by atoms with van der Waals surface area (Å²) in [6.07, 6.45) is 1.72. The standard InChI is InChI=1S/C19H18F2N2O2/c1-12(24)23(16-6-7-16)18-8-5-15(21)11-17(18)22-19(25)10-13-3-2-4-14(20)9-13/h2-5,8-9,11,16H,6-7,10H2,1H3,(H,22,25). The van der Waals surface area contributed by atoms with Gasteiger partial charge in [-0.1, -0.05) is 12.1 Å². The molecule has 2 aromatic carbocycles. The highest BCUT2D eigenvalue weighted by Gasteiger charge is 2.33. The molecule has 1 aliphatic carbocycles. The summed E-state index contributed by atoms with van der Waals surface area (Å²) in [6.45, 7) is 1.44. The number of carbonyl (C=O) groups is 2. The normalized spacial score (nSPS) is 13.4. The Kier molecular flexibility index (Phi) is 4.79. The van der Waals surface area contributed by atoms with E-state index in [1.54, 1.807) is 11.0 Å². The van der Waals surface area contributed by atoms with Crippen molar-refractivity contribution in [2.45, 2.75) is 32.2 Å². The molecular formula is C19H18F2N2O2. The number of amides is 2. The Morgan fingerprint density at radius 1 is 1.12 bits per heavy atom. The number of benzene rings is 2. The number of nitrogens with one attached hydrogen (secondary N) is 1. The maximum Gasteiger partial charge on any atom is 0.228 e. The van der Waals surface area contributed by atoms with Gasteiger partial charge in [0.15, 0.2) is 0 Å². The highest BCUT2D eigenvalue weighted by atomic mass is 19.1. The SMILES string of the molecule is CC(=O)N(c1ccc(F)cc1NC(=O)Cc1cccc(F)c1)C1CC1. The van der Waals surface area contributed by atoms with Crippen molar-refractivity contribution >= 4 is 23.2 Å². The third kappa shape index (κ3) is 4.21. The maximum absolute atomic E-state index is 13.7. The minimum atomic E-state index is -0.510. The Morgan fingerprint density at radius 2 is 1.84 bits per heavy atom. The second kappa shape index (κ2) is 7.01. The molecular weight excluding hydrogens is 326 g/mol. The molecule has 2 aromatic rings. The summed E-state index contributed by atoms with van der Waals surface area (Å²) in [5, 5.41) is 2.64. The maximum atomic E-state index is 13.7. The minimum absolute atomic E-state index is 0.0444. The van der Waals surface area contributed by atoms with Crippen molar-refractivity contribution in [3.63, 3.8) is 0 Å². The monoisotopic (exact) mass is 344 g/mol. The third-order valence-electron chi connectivity index (χ3n) is 4.00. The van der Waals surface area contributed by atoms with Crippen LogP contribution in [-0.2, 0) is 16.0 Å². The van der Waals surface area contributed by atoms with E-state index >= 15 is 0 Å². The molecule has 130 valence electrons. The number of rotatable bonds is 5. The van der Waals surface area contributed by atoms with Gasteiger partial charge >= 0.3 is 0 Å². The zero-order valence-corrected chi connectivity index (χ0v) is 13.8. The molecule has 4 nitrogen and oxygen atoms in total. The predicted molar refractivity (Wildman–Crippen MR) is 91.3 cm³/mol. The van der Waals surface area contributed by atoms with Crippen LogP contribution in [0.1, 0.15) is 25.3 Å². The zero-order chi connectivity index (χ0) is 18.0. The number of carbonyl (C=O) groups excluding carboxylic acids is 2.